The van der Waals surface area contributed by atoms with Gasteiger partial charge >= 0.3 is 0 Å². The van der Waals surface area contributed by atoms with E-state index in [-0.39, 0.29) is 0 Å². The summed E-state index contributed by atoms with van der Waals surface area (Å²) in [5.41, 5.74) is 1.19. The van der Waals surface area contributed by atoms with Gasteiger partial charge in [0.2, 0.25) is 0 Å². The Labute approximate surface area is 60.6 Å². The van der Waals surface area contributed by atoms with Gasteiger partial charge in [-0.15, -0.1) is 0 Å². The van der Waals surface area contributed by atoms with Gasteiger partial charge in [-0.2, -0.15) is 0 Å². The van der Waals surface area contributed by atoms with Crippen LogP contribution in [0.25, 0.3) is 0 Å². The Bertz CT molecular complexity index is 230. The smallest absolute Gasteiger partial charge is 0.130 e. The van der Waals surface area contributed by atoms with Crippen molar-refractivity contribution in [3.05, 3.63) is 36.7 Å². The predicted octanol–water partition coefficient (Wildman–Crippen LogP) is 1.95. The van der Waals surface area contributed by atoms with Crippen molar-refractivity contribution in [3.8, 4) is 0 Å². The second-order valence-corrected chi connectivity index (χ2v) is 2.07. The molecule has 0 aromatic carbocycles. The van der Waals surface area contributed by atoms with Crippen molar-refractivity contribution in [2.24, 2.45) is 0 Å². The third-order valence-corrected chi connectivity index (χ3v) is 1.17. The Hall–Kier alpha value is -1.31. The molecule has 0 amide bonds. The number of hydrogen-bond donors (Lipinski definition) is 1. The molecule has 2 heteroatoms. The van der Waals surface area contributed by atoms with Gasteiger partial charge in [-0.05, 0) is 30.8 Å². The van der Waals surface area contributed by atoms with Gasteiger partial charge in [-0.3, -0.25) is 0 Å². The molecule has 1 aromatic rings. The molecule has 52 valence electrons. The molecule has 0 saturated heterocycles. The number of aromatic nitrogens is 1. The zero-order valence-electron chi connectivity index (χ0n) is 5.96. The van der Waals surface area contributed by atoms with E-state index in [0.29, 0.717) is 0 Å². The first-order valence-corrected chi connectivity index (χ1v) is 3.13. The maximum absolute atomic E-state index is 4.05. The molecule has 0 aliphatic carbocycles. The van der Waals surface area contributed by atoms with Crippen LogP contribution >= 0.6 is 0 Å². The van der Waals surface area contributed by atoms with Gasteiger partial charge in [-0.1, -0.05) is 6.58 Å². The number of nitrogens with zero attached hydrogens (tertiary/aromatic N) is 1. The number of pyridine rings is 1. The highest BCUT2D eigenvalue weighted by molar-refractivity contribution is 5.38. The van der Waals surface area contributed by atoms with Crippen LogP contribution in [0.15, 0.2) is 31.1 Å². The van der Waals surface area contributed by atoms with E-state index < -0.39 is 0 Å². The fourth-order valence-electron chi connectivity index (χ4n) is 0.720. The summed E-state index contributed by atoms with van der Waals surface area (Å²) >= 11 is 0. The Kier molecular flexibility index (Phi) is 2.05. The molecule has 1 N–H and O–H groups in total. The second kappa shape index (κ2) is 3.01. The highest BCUT2D eigenvalue weighted by atomic mass is 15.0. The van der Waals surface area contributed by atoms with Crippen LogP contribution < -0.4 is 5.32 Å². The average Bonchev–Trinajstić information content (AvgIpc) is 1.88. The third-order valence-electron chi connectivity index (χ3n) is 1.17. The molecular formula is C8H10N2. The topological polar surface area (TPSA) is 24.9 Å². The summed E-state index contributed by atoms with van der Waals surface area (Å²) in [5, 5.41) is 2.90. The van der Waals surface area contributed by atoms with Crippen molar-refractivity contribution in [2.45, 2.75) is 6.92 Å². The summed E-state index contributed by atoms with van der Waals surface area (Å²) in [6, 6.07) is 3.91. The van der Waals surface area contributed by atoms with Gasteiger partial charge < -0.3 is 5.32 Å². The van der Waals surface area contributed by atoms with Crippen LogP contribution in [0.4, 0.5) is 5.82 Å². The van der Waals surface area contributed by atoms with Crippen molar-refractivity contribution in [1.82, 2.24) is 4.98 Å². The standard InChI is InChI=1S/C8H10N2/c1-3-9-8-6-7(2)4-5-10-8/h3-6H,1H2,2H3,(H,9,10). The Morgan fingerprint density at radius 1 is 1.70 bits per heavy atom. The quantitative estimate of drug-likeness (QED) is 0.668. The molecule has 0 aliphatic heterocycles. The highest BCUT2D eigenvalue weighted by Crippen LogP contribution is 2.03. The van der Waals surface area contributed by atoms with Gasteiger partial charge in [0.05, 0.1) is 0 Å². The van der Waals surface area contributed by atoms with E-state index in [9.17, 15) is 0 Å². The number of aryl methyl sites for hydroxylation is 1. The van der Waals surface area contributed by atoms with Crippen LogP contribution in [0, 0.1) is 6.92 Å². The lowest BCUT2D eigenvalue weighted by molar-refractivity contribution is 1.27. The third kappa shape index (κ3) is 1.58. The fourth-order valence-corrected chi connectivity index (χ4v) is 0.720. The molecule has 2 nitrogen and oxygen atoms in total. The van der Waals surface area contributed by atoms with Gasteiger partial charge in [0, 0.05) is 6.20 Å². The maximum Gasteiger partial charge on any atom is 0.130 e. The zero-order valence-corrected chi connectivity index (χ0v) is 5.96. The monoisotopic (exact) mass is 134 g/mol. The largest absolute Gasteiger partial charge is 0.347 e. The van der Waals surface area contributed by atoms with E-state index in [2.05, 4.69) is 16.9 Å². The van der Waals surface area contributed by atoms with Crippen LogP contribution in [0.3, 0.4) is 0 Å². The first-order chi connectivity index (χ1) is 4.83. The Balaban J connectivity index is 2.84. The number of hydrogen-bond acceptors (Lipinski definition) is 2. The number of anilines is 1. The predicted molar refractivity (Wildman–Crippen MR) is 42.8 cm³/mol. The summed E-state index contributed by atoms with van der Waals surface area (Å²) in [5.74, 6) is 0.843. The molecule has 0 bridgehead atoms. The normalized spacial score (nSPS) is 8.90. The van der Waals surface area contributed by atoms with Gasteiger partial charge in [0.15, 0.2) is 0 Å². The molecule has 10 heavy (non-hydrogen) atoms. The minimum atomic E-state index is 0.843. The SMILES string of the molecule is C=CNc1cc(C)ccn1. The van der Waals surface area contributed by atoms with E-state index in [1.807, 2.05) is 19.1 Å². The van der Waals surface area contributed by atoms with Gasteiger partial charge in [0.1, 0.15) is 5.82 Å². The van der Waals surface area contributed by atoms with Crippen molar-refractivity contribution in [3.63, 3.8) is 0 Å². The first-order valence-electron chi connectivity index (χ1n) is 3.13. The molecule has 0 atom stereocenters. The molecule has 1 rings (SSSR count). The molecule has 0 saturated carbocycles. The second-order valence-electron chi connectivity index (χ2n) is 2.07. The summed E-state index contributed by atoms with van der Waals surface area (Å²) in [4.78, 5) is 4.05. The molecule has 0 spiro atoms. The van der Waals surface area contributed by atoms with Crippen LogP contribution in [0.5, 0.6) is 0 Å². The molecule has 0 aliphatic rings. The lowest BCUT2D eigenvalue weighted by Crippen LogP contribution is -1.89. The molecule has 1 aromatic heterocycles. The van der Waals surface area contributed by atoms with E-state index in [1.165, 1.54) is 5.56 Å². The van der Waals surface area contributed by atoms with Gasteiger partial charge in [-0.25, -0.2) is 4.98 Å². The van der Waals surface area contributed by atoms with Crippen molar-refractivity contribution in [1.29, 1.82) is 0 Å². The van der Waals surface area contributed by atoms with Crippen LogP contribution in [0.2, 0.25) is 0 Å². The first kappa shape index (κ1) is 6.81. The van der Waals surface area contributed by atoms with Crippen molar-refractivity contribution >= 4 is 5.82 Å². The summed E-state index contributed by atoms with van der Waals surface area (Å²) < 4.78 is 0. The van der Waals surface area contributed by atoms with Crippen molar-refractivity contribution < 1.29 is 0 Å². The summed E-state index contributed by atoms with van der Waals surface area (Å²) in [6.45, 7) is 5.56. The molecule has 1 heterocycles. The van der Waals surface area contributed by atoms with Crippen molar-refractivity contribution in [2.75, 3.05) is 5.32 Å². The number of rotatable bonds is 2. The van der Waals surface area contributed by atoms with E-state index in [0.717, 1.165) is 5.82 Å². The molecule has 0 radical (unpaired) electrons. The molecule has 0 unspecified atom stereocenters. The van der Waals surface area contributed by atoms with E-state index >= 15 is 0 Å². The number of nitrogens with one attached hydrogen (secondary N) is 1. The summed E-state index contributed by atoms with van der Waals surface area (Å²) in [6.07, 6.45) is 3.38. The Morgan fingerprint density at radius 2 is 2.50 bits per heavy atom. The van der Waals surface area contributed by atoms with Crippen LogP contribution in [0.1, 0.15) is 5.56 Å². The molecule has 0 fully saturated rings. The molecular weight excluding hydrogens is 124 g/mol. The van der Waals surface area contributed by atoms with Crippen LogP contribution in [-0.4, -0.2) is 4.98 Å². The lowest BCUT2D eigenvalue weighted by atomic mass is 10.3. The lowest BCUT2D eigenvalue weighted by Gasteiger charge is -1.98. The van der Waals surface area contributed by atoms with Crippen LogP contribution in [-0.2, 0) is 0 Å². The zero-order chi connectivity index (χ0) is 7.40. The minimum Gasteiger partial charge on any atom is -0.347 e. The minimum absolute atomic E-state index is 0.843. The van der Waals surface area contributed by atoms with E-state index in [4.69, 9.17) is 0 Å². The summed E-state index contributed by atoms with van der Waals surface area (Å²) in [7, 11) is 0. The maximum atomic E-state index is 4.05. The van der Waals surface area contributed by atoms with E-state index in [1.54, 1.807) is 12.4 Å². The highest BCUT2D eigenvalue weighted by Gasteiger charge is 1.87. The Morgan fingerprint density at radius 3 is 3.10 bits per heavy atom. The fraction of sp³-hybridized carbons (Fsp3) is 0.125. The average molecular weight is 134 g/mol. The van der Waals surface area contributed by atoms with Gasteiger partial charge in [0.25, 0.3) is 0 Å².